The number of halogens is 2. The number of nitrogens with one attached hydrogen (secondary N) is 1. The van der Waals surface area contributed by atoms with E-state index in [4.69, 9.17) is 32.5 Å². The van der Waals surface area contributed by atoms with Crippen molar-refractivity contribution in [3.05, 3.63) is 91.5 Å². The molecule has 1 amide bonds. The van der Waals surface area contributed by atoms with E-state index in [0.29, 0.717) is 33.6 Å². The number of anilines is 1. The maximum absolute atomic E-state index is 12.7. The number of hydrogen-bond donors (Lipinski definition) is 1. The van der Waals surface area contributed by atoms with Crippen molar-refractivity contribution < 1.29 is 14.1 Å². The molecule has 7 nitrogen and oxygen atoms in total. The highest BCUT2D eigenvalue weighted by Gasteiger charge is 2.15. The van der Waals surface area contributed by atoms with Gasteiger partial charge in [0.05, 0.1) is 22.0 Å². The summed E-state index contributed by atoms with van der Waals surface area (Å²) in [6.07, 6.45) is 0. The number of nitrogens with zero attached hydrogens (tertiary/aromatic N) is 2. The van der Waals surface area contributed by atoms with E-state index in [1.807, 2.05) is 13.0 Å². The third kappa shape index (κ3) is 4.57. The van der Waals surface area contributed by atoms with Gasteiger partial charge < -0.3 is 14.6 Å². The molecule has 0 radical (unpaired) electrons. The number of fused-ring (bicyclic) bond motifs is 1. The summed E-state index contributed by atoms with van der Waals surface area (Å²) in [6.45, 7) is 3.67. The van der Waals surface area contributed by atoms with E-state index in [9.17, 15) is 9.59 Å². The highest BCUT2D eigenvalue weighted by atomic mass is 35.5. The third-order valence-corrected chi connectivity index (χ3v) is 5.01. The van der Waals surface area contributed by atoms with E-state index >= 15 is 0 Å². The Labute approximate surface area is 187 Å². The van der Waals surface area contributed by atoms with Crippen molar-refractivity contribution in [1.29, 1.82) is 0 Å². The zero-order chi connectivity index (χ0) is 22.1. The van der Waals surface area contributed by atoms with Crippen LogP contribution in [-0.4, -0.2) is 15.5 Å². The first-order valence-corrected chi connectivity index (χ1v) is 10.1. The van der Waals surface area contributed by atoms with Crippen molar-refractivity contribution in [2.24, 2.45) is 0 Å². The smallest absolute Gasteiger partial charge is 0.287 e. The van der Waals surface area contributed by atoms with Crippen LogP contribution in [0.25, 0.3) is 5.65 Å². The molecule has 0 atom stereocenters. The predicted octanol–water partition coefficient (Wildman–Crippen LogP) is 5.04. The number of ether oxygens (including phenoxy) is 1. The van der Waals surface area contributed by atoms with Crippen LogP contribution in [0.5, 0.6) is 5.75 Å². The molecule has 0 spiro atoms. The standard InChI is InChI=1S/C22H17Cl2N3O4/c1-12-3-6-18(26-22(29)16-5-4-14(23)9-17(16)24)19(7-12)30-11-15-10-21(28)27-20(25-15)8-13(2)31-27/h3-10H,11H2,1-2H3,(H,26,29). The number of aromatic nitrogens is 2. The minimum absolute atomic E-state index is 0.0317. The zero-order valence-electron chi connectivity index (χ0n) is 16.6. The second kappa shape index (κ2) is 8.45. The quantitative estimate of drug-likeness (QED) is 0.453. The first-order valence-electron chi connectivity index (χ1n) is 9.29. The summed E-state index contributed by atoms with van der Waals surface area (Å²) in [7, 11) is 0. The predicted molar refractivity (Wildman–Crippen MR) is 118 cm³/mol. The first-order chi connectivity index (χ1) is 14.8. The van der Waals surface area contributed by atoms with Gasteiger partial charge in [0.15, 0.2) is 5.65 Å². The Balaban J connectivity index is 1.57. The van der Waals surface area contributed by atoms with Gasteiger partial charge in [0.25, 0.3) is 11.5 Å². The molecule has 0 saturated heterocycles. The van der Waals surface area contributed by atoms with Crippen molar-refractivity contribution in [2.45, 2.75) is 20.5 Å². The highest BCUT2D eigenvalue weighted by molar-refractivity contribution is 6.37. The summed E-state index contributed by atoms with van der Waals surface area (Å²) in [5.41, 5.74) is 2.18. The number of aryl methyl sites for hydroxylation is 2. The number of carbonyl (C=O) groups is 1. The number of rotatable bonds is 5. The minimum atomic E-state index is -0.401. The van der Waals surface area contributed by atoms with Crippen molar-refractivity contribution in [3.8, 4) is 5.75 Å². The largest absolute Gasteiger partial charge is 0.485 e. The molecule has 0 fully saturated rings. The van der Waals surface area contributed by atoms with Gasteiger partial charge in [0.2, 0.25) is 0 Å². The zero-order valence-corrected chi connectivity index (χ0v) is 18.1. The van der Waals surface area contributed by atoms with E-state index in [1.54, 1.807) is 37.3 Å². The average Bonchev–Trinajstić information content (AvgIpc) is 3.09. The molecule has 0 aliphatic heterocycles. The molecule has 2 aromatic heterocycles. The van der Waals surface area contributed by atoms with Gasteiger partial charge in [0, 0.05) is 17.2 Å². The summed E-state index contributed by atoms with van der Waals surface area (Å²) in [4.78, 5) is 29.3. The van der Waals surface area contributed by atoms with Crippen LogP contribution in [0.3, 0.4) is 0 Å². The molecule has 4 rings (SSSR count). The Bertz CT molecular complexity index is 1360. The van der Waals surface area contributed by atoms with Crippen molar-refractivity contribution >= 4 is 40.4 Å². The molecule has 0 bridgehead atoms. The van der Waals surface area contributed by atoms with Gasteiger partial charge in [-0.2, -0.15) is 0 Å². The molecule has 31 heavy (non-hydrogen) atoms. The van der Waals surface area contributed by atoms with Crippen LogP contribution >= 0.6 is 23.2 Å². The first kappa shape index (κ1) is 21.0. The topological polar surface area (TPSA) is 85.8 Å². The van der Waals surface area contributed by atoms with Crippen LogP contribution in [0.15, 0.2) is 57.8 Å². The molecule has 158 valence electrons. The van der Waals surface area contributed by atoms with Gasteiger partial charge >= 0.3 is 0 Å². The Morgan fingerprint density at radius 1 is 1.13 bits per heavy atom. The maximum Gasteiger partial charge on any atom is 0.287 e. The van der Waals surface area contributed by atoms with E-state index < -0.39 is 5.91 Å². The van der Waals surface area contributed by atoms with Gasteiger partial charge in [-0.05, 0) is 49.7 Å². The van der Waals surface area contributed by atoms with Crippen molar-refractivity contribution in [2.75, 3.05) is 5.32 Å². The number of amides is 1. The van der Waals surface area contributed by atoms with Gasteiger partial charge in [-0.15, -0.1) is 4.57 Å². The van der Waals surface area contributed by atoms with Crippen LogP contribution in [0.4, 0.5) is 5.69 Å². The van der Waals surface area contributed by atoms with Gasteiger partial charge in [0.1, 0.15) is 18.1 Å². The maximum atomic E-state index is 12.7. The van der Waals surface area contributed by atoms with Crippen LogP contribution < -0.4 is 15.6 Å². The SMILES string of the molecule is Cc1ccc(NC(=O)c2ccc(Cl)cc2Cl)c(OCc2cc(=O)n3oc(C)cc3n2)c1. The molecule has 9 heteroatoms. The van der Waals surface area contributed by atoms with E-state index in [-0.39, 0.29) is 22.8 Å². The van der Waals surface area contributed by atoms with Gasteiger partial charge in [-0.25, -0.2) is 4.98 Å². The average molecular weight is 458 g/mol. The number of benzene rings is 2. The molecule has 0 saturated carbocycles. The highest BCUT2D eigenvalue weighted by Crippen LogP contribution is 2.28. The summed E-state index contributed by atoms with van der Waals surface area (Å²) < 4.78 is 12.3. The summed E-state index contributed by atoms with van der Waals surface area (Å²) >= 11 is 12.0. The molecule has 0 aliphatic rings. The summed E-state index contributed by atoms with van der Waals surface area (Å²) in [5, 5.41) is 3.48. The molecule has 0 aliphatic carbocycles. The Hall–Kier alpha value is -3.29. The fourth-order valence-electron chi connectivity index (χ4n) is 3.01. The summed E-state index contributed by atoms with van der Waals surface area (Å²) in [5.74, 6) is 0.609. The lowest BCUT2D eigenvalue weighted by Gasteiger charge is -2.14. The van der Waals surface area contributed by atoms with Crippen molar-refractivity contribution in [1.82, 2.24) is 9.56 Å². The minimum Gasteiger partial charge on any atom is -0.485 e. The Morgan fingerprint density at radius 2 is 1.94 bits per heavy atom. The van der Waals surface area contributed by atoms with Crippen LogP contribution in [0, 0.1) is 13.8 Å². The normalized spacial score (nSPS) is 11.0. The second-order valence-corrected chi connectivity index (χ2v) is 7.79. The van der Waals surface area contributed by atoms with Gasteiger partial charge in [-0.3, -0.25) is 9.59 Å². The van der Waals surface area contributed by atoms with Crippen molar-refractivity contribution in [3.63, 3.8) is 0 Å². The van der Waals surface area contributed by atoms with Crippen LogP contribution in [-0.2, 0) is 6.61 Å². The van der Waals surface area contributed by atoms with Crippen LogP contribution in [0.2, 0.25) is 10.0 Å². The molecular weight excluding hydrogens is 441 g/mol. The molecule has 2 aromatic carbocycles. The lowest BCUT2D eigenvalue weighted by atomic mass is 10.1. The molecule has 1 N–H and O–H groups in total. The van der Waals surface area contributed by atoms with E-state index in [2.05, 4.69) is 10.3 Å². The fourth-order valence-corrected chi connectivity index (χ4v) is 3.51. The fraction of sp³-hybridized carbons (Fsp3) is 0.136. The molecule has 4 aromatic rings. The lowest BCUT2D eigenvalue weighted by molar-refractivity contribution is 0.102. The number of carbonyl (C=O) groups excluding carboxylic acids is 1. The van der Waals surface area contributed by atoms with E-state index in [0.717, 1.165) is 10.1 Å². The number of hydrogen-bond acceptors (Lipinski definition) is 5. The second-order valence-electron chi connectivity index (χ2n) is 6.95. The van der Waals surface area contributed by atoms with E-state index in [1.165, 1.54) is 12.1 Å². The Morgan fingerprint density at radius 3 is 2.71 bits per heavy atom. The van der Waals surface area contributed by atoms with Crippen LogP contribution in [0.1, 0.15) is 27.4 Å². The molecule has 0 unspecified atom stereocenters. The lowest BCUT2D eigenvalue weighted by Crippen LogP contribution is -2.15. The Kier molecular flexibility index (Phi) is 5.71. The molecule has 2 heterocycles. The monoisotopic (exact) mass is 457 g/mol. The third-order valence-electron chi connectivity index (χ3n) is 4.46. The molecular formula is C22H17Cl2N3O4. The van der Waals surface area contributed by atoms with Gasteiger partial charge in [-0.1, -0.05) is 29.3 Å². The summed E-state index contributed by atoms with van der Waals surface area (Å²) in [6, 6.07) is 13.0.